The molecule has 0 fully saturated rings. The van der Waals surface area contributed by atoms with Gasteiger partial charge in [0.15, 0.2) is 0 Å². The van der Waals surface area contributed by atoms with Crippen LogP contribution in [0.2, 0.25) is 5.02 Å². The lowest BCUT2D eigenvalue weighted by atomic mass is 10.2. The summed E-state index contributed by atoms with van der Waals surface area (Å²) in [6.45, 7) is 2.01. The van der Waals surface area contributed by atoms with E-state index in [4.69, 9.17) is 16.7 Å². The third-order valence-electron chi connectivity index (χ3n) is 1.21. The fourth-order valence-corrected chi connectivity index (χ4v) is 1.39. The minimum absolute atomic E-state index is 0.720. The molecule has 2 N–H and O–H groups in total. The molecule has 3 heteroatoms. The Kier molecular flexibility index (Phi) is 2.60. The van der Waals surface area contributed by atoms with E-state index >= 15 is 0 Å². The van der Waals surface area contributed by atoms with Gasteiger partial charge in [-0.05, 0) is 36.6 Å². The lowest BCUT2D eigenvalue weighted by Gasteiger charge is -1.99. The molecule has 1 rings (SSSR count). The average molecular weight is 174 g/mol. The number of hydrogen-bond donors (Lipinski definition) is 1. The first-order chi connectivity index (χ1) is 4.74. The minimum Gasteiger partial charge on any atom is -0.274 e. The summed E-state index contributed by atoms with van der Waals surface area (Å²) < 4.78 is 0. The summed E-state index contributed by atoms with van der Waals surface area (Å²) in [5.74, 6) is 0. The van der Waals surface area contributed by atoms with Crippen LogP contribution in [0.4, 0.5) is 0 Å². The predicted molar refractivity (Wildman–Crippen MR) is 46.2 cm³/mol. The summed E-state index contributed by atoms with van der Waals surface area (Å²) in [6.07, 6.45) is 0. The molecular formula is C7H8ClNS. The van der Waals surface area contributed by atoms with E-state index in [1.54, 1.807) is 0 Å². The third kappa shape index (κ3) is 1.66. The fourth-order valence-electron chi connectivity index (χ4n) is 0.701. The van der Waals surface area contributed by atoms with Crippen molar-refractivity contribution >= 4 is 23.5 Å². The first-order valence-electron chi connectivity index (χ1n) is 2.87. The maximum absolute atomic E-state index is 5.80. The van der Waals surface area contributed by atoms with Gasteiger partial charge in [-0.15, -0.1) is 0 Å². The minimum atomic E-state index is 0.720. The monoisotopic (exact) mass is 173 g/mol. The topological polar surface area (TPSA) is 26.0 Å². The number of hydrogen-bond acceptors (Lipinski definition) is 2. The molecule has 1 aromatic rings. The Morgan fingerprint density at radius 3 is 2.70 bits per heavy atom. The molecule has 0 heterocycles. The summed E-state index contributed by atoms with van der Waals surface area (Å²) in [5, 5.41) is 6.07. The van der Waals surface area contributed by atoms with Gasteiger partial charge in [-0.3, -0.25) is 5.14 Å². The lowest BCUT2D eigenvalue weighted by Crippen LogP contribution is -1.81. The van der Waals surface area contributed by atoms with Crippen LogP contribution in [-0.4, -0.2) is 0 Å². The van der Waals surface area contributed by atoms with Crippen LogP contribution in [-0.2, 0) is 0 Å². The molecule has 0 aliphatic carbocycles. The molecule has 0 spiro atoms. The molecule has 0 aliphatic rings. The molecule has 10 heavy (non-hydrogen) atoms. The maximum atomic E-state index is 5.80. The van der Waals surface area contributed by atoms with E-state index < -0.39 is 0 Å². The Hall–Kier alpha value is -0.180. The first kappa shape index (κ1) is 7.92. The summed E-state index contributed by atoms with van der Waals surface area (Å²) in [5.41, 5.74) is 1.18. The van der Waals surface area contributed by atoms with E-state index in [-0.39, 0.29) is 0 Å². The molecule has 0 saturated carbocycles. The van der Waals surface area contributed by atoms with Crippen LogP contribution in [0, 0.1) is 6.92 Å². The van der Waals surface area contributed by atoms with Gasteiger partial charge in [0.2, 0.25) is 0 Å². The highest BCUT2D eigenvalue weighted by molar-refractivity contribution is 7.97. The first-order valence-corrected chi connectivity index (χ1v) is 4.12. The van der Waals surface area contributed by atoms with Crippen molar-refractivity contribution in [1.29, 1.82) is 0 Å². The molecular weight excluding hydrogens is 166 g/mol. The van der Waals surface area contributed by atoms with Gasteiger partial charge in [-0.2, -0.15) is 0 Å². The summed E-state index contributed by atoms with van der Waals surface area (Å²) in [7, 11) is 0. The second-order valence-electron chi connectivity index (χ2n) is 2.05. The van der Waals surface area contributed by atoms with Gasteiger partial charge >= 0.3 is 0 Å². The third-order valence-corrected chi connectivity index (χ3v) is 2.25. The van der Waals surface area contributed by atoms with Gasteiger partial charge in [-0.25, -0.2) is 0 Å². The highest BCUT2D eigenvalue weighted by atomic mass is 35.5. The number of aryl methyl sites for hydroxylation is 1. The van der Waals surface area contributed by atoms with Gasteiger partial charge in [0.25, 0.3) is 0 Å². The second-order valence-corrected chi connectivity index (χ2v) is 3.13. The van der Waals surface area contributed by atoms with Crippen molar-refractivity contribution in [3.63, 3.8) is 0 Å². The summed E-state index contributed by atoms with van der Waals surface area (Å²) >= 11 is 6.97. The number of halogens is 1. The smallest absolute Gasteiger partial charge is 0.0555 e. The van der Waals surface area contributed by atoms with Gasteiger partial charge in [0.1, 0.15) is 0 Å². The highest BCUT2D eigenvalue weighted by Crippen LogP contribution is 2.23. The Labute approximate surface area is 69.7 Å². The zero-order chi connectivity index (χ0) is 7.56. The van der Waals surface area contributed by atoms with E-state index in [2.05, 4.69) is 0 Å². The fraction of sp³-hybridized carbons (Fsp3) is 0.143. The Balaban J connectivity index is 3.09. The van der Waals surface area contributed by atoms with E-state index in [1.807, 2.05) is 25.1 Å². The lowest BCUT2D eigenvalue weighted by molar-refractivity contribution is 1.36. The van der Waals surface area contributed by atoms with Crippen LogP contribution < -0.4 is 5.14 Å². The van der Waals surface area contributed by atoms with Crippen LogP contribution in [0.15, 0.2) is 23.1 Å². The van der Waals surface area contributed by atoms with Crippen molar-refractivity contribution in [2.75, 3.05) is 0 Å². The quantitative estimate of drug-likeness (QED) is 0.661. The Morgan fingerprint density at radius 2 is 2.20 bits per heavy atom. The van der Waals surface area contributed by atoms with Crippen LogP contribution in [0.25, 0.3) is 0 Å². The maximum Gasteiger partial charge on any atom is 0.0555 e. The van der Waals surface area contributed by atoms with E-state index in [9.17, 15) is 0 Å². The SMILES string of the molecule is Cc1ccc(Cl)c(SN)c1. The number of benzene rings is 1. The molecule has 0 atom stereocenters. The molecule has 1 aromatic carbocycles. The van der Waals surface area contributed by atoms with Crippen LogP contribution in [0.1, 0.15) is 5.56 Å². The molecule has 0 unspecified atom stereocenters. The van der Waals surface area contributed by atoms with E-state index in [0.717, 1.165) is 9.92 Å². The molecule has 0 amide bonds. The van der Waals surface area contributed by atoms with Crippen molar-refractivity contribution in [1.82, 2.24) is 0 Å². The van der Waals surface area contributed by atoms with Crippen LogP contribution >= 0.6 is 23.5 Å². The van der Waals surface area contributed by atoms with Gasteiger partial charge in [-0.1, -0.05) is 17.7 Å². The zero-order valence-corrected chi connectivity index (χ0v) is 7.17. The van der Waals surface area contributed by atoms with Crippen LogP contribution in [0.3, 0.4) is 0 Å². The van der Waals surface area contributed by atoms with Gasteiger partial charge in [0.05, 0.1) is 5.02 Å². The van der Waals surface area contributed by atoms with E-state index in [0.29, 0.717) is 0 Å². The predicted octanol–water partition coefficient (Wildman–Crippen LogP) is 2.61. The zero-order valence-electron chi connectivity index (χ0n) is 5.60. The average Bonchev–Trinajstić information content (AvgIpc) is 1.94. The highest BCUT2D eigenvalue weighted by Gasteiger charge is 1.96. The Bertz CT molecular complexity index is 237. The molecule has 0 bridgehead atoms. The van der Waals surface area contributed by atoms with Crippen molar-refractivity contribution in [3.05, 3.63) is 28.8 Å². The van der Waals surface area contributed by atoms with Gasteiger partial charge in [0, 0.05) is 4.90 Å². The normalized spacial score (nSPS) is 9.90. The van der Waals surface area contributed by atoms with Crippen molar-refractivity contribution in [2.45, 2.75) is 11.8 Å². The summed E-state index contributed by atoms with van der Waals surface area (Å²) in [4.78, 5) is 0.932. The standard InChI is InChI=1S/C7H8ClNS/c1-5-2-3-6(8)7(4-5)10-9/h2-4H,9H2,1H3. The molecule has 1 nitrogen and oxygen atoms in total. The summed E-state index contributed by atoms with van der Waals surface area (Å²) in [6, 6.07) is 5.78. The van der Waals surface area contributed by atoms with Gasteiger partial charge < -0.3 is 0 Å². The largest absolute Gasteiger partial charge is 0.274 e. The second kappa shape index (κ2) is 3.28. The van der Waals surface area contributed by atoms with Crippen molar-refractivity contribution < 1.29 is 0 Å². The van der Waals surface area contributed by atoms with E-state index in [1.165, 1.54) is 17.5 Å². The van der Waals surface area contributed by atoms with Crippen LogP contribution in [0.5, 0.6) is 0 Å². The molecule has 0 saturated heterocycles. The molecule has 0 aromatic heterocycles. The molecule has 54 valence electrons. The number of rotatable bonds is 1. The Morgan fingerprint density at radius 1 is 1.50 bits per heavy atom. The number of nitrogens with two attached hydrogens (primary N) is 1. The molecule has 0 aliphatic heterocycles. The van der Waals surface area contributed by atoms with Crippen molar-refractivity contribution in [3.8, 4) is 0 Å². The molecule has 0 radical (unpaired) electrons. The van der Waals surface area contributed by atoms with Crippen molar-refractivity contribution in [2.24, 2.45) is 5.14 Å².